The smallest absolute Gasteiger partial charge is 0.316 e. The van der Waals surface area contributed by atoms with Crippen LogP contribution in [0.5, 0.6) is 0 Å². The number of aryl methyl sites for hydroxylation is 1. The Morgan fingerprint density at radius 3 is 2.47 bits per heavy atom. The molecule has 0 spiro atoms. The van der Waals surface area contributed by atoms with Gasteiger partial charge in [-0.3, -0.25) is 4.79 Å². The number of amides is 1. The zero-order valence-electron chi connectivity index (χ0n) is 8.90. The van der Waals surface area contributed by atoms with Crippen molar-refractivity contribution in [2.45, 2.75) is 32.6 Å². The van der Waals surface area contributed by atoms with Gasteiger partial charge in [0.15, 0.2) is 5.82 Å². The van der Waals surface area contributed by atoms with Gasteiger partial charge in [0, 0.05) is 13.1 Å². The fraction of sp³-hybridized carbons (Fsp3) is 0.700. The topological polar surface area (TPSA) is 59.2 Å². The molecule has 5 nitrogen and oxygen atoms in total. The van der Waals surface area contributed by atoms with E-state index in [0.29, 0.717) is 5.82 Å². The Balaban J connectivity index is 2.06. The van der Waals surface area contributed by atoms with Gasteiger partial charge in [-0.1, -0.05) is 18.0 Å². The van der Waals surface area contributed by atoms with Gasteiger partial charge in [0.2, 0.25) is 0 Å². The van der Waals surface area contributed by atoms with Gasteiger partial charge in [0.05, 0.1) is 0 Å². The van der Waals surface area contributed by atoms with Crippen LogP contribution in [-0.4, -0.2) is 34.0 Å². The lowest BCUT2D eigenvalue weighted by Gasteiger charge is -2.17. The molecule has 1 aromatic heterocycles. The summed E-state index contributed by atoms with van der Waals surface area (Å²) < 4.78 is 4.87. The molecule has 2 heterocycles. The Hall–Kier alpha value is -1.39. The molecule has 82 valence electrons. The second-order valence-electron chi connectivity index (χ2n) is 3.85. The Bertz CT molecular complexity index is 340. The van der Waals surface area contributed by atoms with Crippen molar-refractivity contribution in [3.63, 3.8) is 0 Å². The molecule has 1 aliphatic heterocycles. The summed E-state index contributed by atoms with van der Waals surface area (Å²) in [5.74, 6) is 0.500. The maximum absolute atomic E-state index is 11.9. The first-order valence-corrected chi connectivity index (χ1v) is 5.37. The predicted molar refractivity (Wildman–Crippen MR) is 53.4 cm³/mol. The first-order valence-electron chi connectivity index (χ1n) is 5.37. The third-order valence-electron chi connectivity index (χ3n) is 2.60. The monoisotopic (exact) mass is 209 g/mol. The summed E-state index contributed by atoms with van der Waals surface area (Å²) in [6.45, 7) is 3.32. The van der Waals surface area contributed by atoms with Crippen molar-refractivity contribution in [2.24, 2.45) is 0 Å². The number of hydrogen-bond acceptors (Lipinski definition) is 4. The summed E-state index contributed by atoms with van der Waals surface area (Å²) >= 11 is 0. The molecular weight excluding hydrogens is 194 g/mol. The van der Waals surface area contributed by atoms with Crippen molar-refractivity contribution < 1.29 is 9.32 Å². The van der Waals surface area contributed by atoms with Crippen molar-refractivity contribution in [1.29, 1.82) is 0 Å². The van der Waals surface area contributed by atoms with Crippen molar-refractivity contribution in [3.8, 4) is 0 Å². The van der Waals surface area contributed by atoms with Crippen LogP contribution in [0.3, 0.4) is 0 Å². The molecule has 0 atom stereocenters. The van der Waals surface area contributed by atoms with Gasteiger partial charge in [-0.2, -0.15) is 4.98 Å². The zero-order chi connectivity index (χ0) is 10.7. The first-order chi connectivity index (χ1) is 7.27. The fourth-order valence-corrected chi connectivity index (χ4v) is 1.79. The van der Waals surface area contributed by atoms with Crippen LogP contribution in [0.25, 0.3) is 0 Å². The second-order valence-corrected chi connectivity index (χ2v) is 3.85. The third kappa shape index (κ3) is 2.34. The van der Waals surface area contributed by atoms with Crippen molar-refractivity contribution in [3.05, 3.63) is 11.7 Å². The second kappa shape index (κ2) is 4.42. The van der Waals surface area contributed by atoms with Gasteiger partial charge in [-0.05, 0) is 19.8 Å². The molecule has 1 amide bonds. The summed E-state index contributed by atoms with van der Waals surface area (Å²) in [6.07, 6.45) is 4.54. The molecule has 1 aliphatic rings. The van der Waals surface area contributed by atoms with E-state index < -0.39 is 0 Å². The van der Waals surface area contributed by atoms with Crippen LogP contribution < -0.4 is 0 Å². The predicted octanol–water partition coefficient (Wildman–Crippen LogP) is 1.39. The molecule has 1 aromatic rings. The van der Waals surface area contributed by atoms with E-state index in [1.807, 2.05) is 0 Å². The fourth-order valence-electron chi connectivity index (χ4n) is 1.79. The minimum Gasteiger partial charge on any atom is -0.334 e. The molecule has 0 saturated carbocycles. The highest BCUT2D eigenvalue weighted by Crippen LogP contribution is 2.12. The lowest BCUT2D eigenvalue weighted by Crippen LogP contribution is -2.32. The molecular formula is C10H15N3O2. The Labute approximate surface area is 88.5 Å². The molecule has 0 aromatic carbocycles. The van der Waals surface area contributed by atoms with Crippen LogP contribution in [0.1, 0.15) is 42.2 Å². The lowest BCUT2D eigenvalue weighted by atomic mass is 10.2. The Kier molecular flexibility index (Phi) is 2.99. The molecule has 1 fully saturated rings. The molecule has 5 heteroatoms. The lowest BCUT2D eigenvalue weighted by molar-refractivity contribution is 0.0711. The molecule has 0 aliphatic carbocycles. The summed E-state index contributed by atoms with van der Waals surface area (Å²) in [5.41, 5.74) is 0. The molecule has 1 saturated heterocycles. The van der Waals surface area contributed by atoms with E-state index in [4.69, 9.17) is 4.52 Å². The van der Waals surface area contributed by atoms with E-state index in [9.17, 15) is 4.79 Å². The number of nitrogens with zero attached hydrogens (tertiary/aromatic N) is 3. The number of carbonyl (C=O) groups excluding carboxylic acids is 1. The minimum absolute atomic E-state index is 0.120. The number of carbonyl (C=O) groups is 1. The van der Waals surface area contributed by atoms with Crippen LogP contribution in [0.4, 0.5) is 0 Å². The maximum Gasteiger partial charge on any atom is 0.316 e. The molecule has 0 N–H and O–H groups in total. The van der Waals surface area contributed by atoms with Crippen LogP contribution >= 0.6 is 0 Å². The van der Waals surface area contributed by atoms with Gasteiger partial charge in [-0.15, -0.1) is 0 Å². The van der Waals surface area contributed by atoms with Crippen LogP contribution in [-0.2, 0) is 0 Å². The van der Waals surface area contributed by atoms with E-state index >= 15 is 0 Å². The zero-order valence-corrected chi connectivity index (χ0v) is 8.90. The van der Waals surface area contributed by atoms with E-state index in [0.717, 1.165) is 25.9 Å². The standard InChI is InChI=1S/C10H15N3O2/c1-8-11-9(15-12-8)10(14)13-6-4-2-3-5-7-13/h2-7H2,1H3. The van der Waals surface area contributed by atoms with Gasteiger partial charge in [0.1, 0.15) is 0 Å². The first kappa shape index (κ1) is 10.1. The van der Waals surface area contributed by atoms with E-state index in [1.54, 1.807) is 11.8 Å². The van der Waals surface area contributed by atoms with E-state index in [2.05, 4.69) is 10.1 Å². The molecule has 0 radical (unpaired) electrons. The average molecular weight is 209 g/mol. The number of aromatic nitrogens is 2. The highest BCUT2D eigenvalue weighted by molar-refractivity contribution is 5.89. The van der Waals surface area contributed by atoms with Crippen LogP contribution in [0.15, 0.2) is 4.52 Å². The minimum atomic E-state index is -0.127. The number of hydrogen-bond donors (Lipinski definition) is 0. The van der Waals surface area contributed by atoms with Gasteiger partial charge in [-0.25, -0.2) is 0 Å². The summed E-state index contributed by atoms with van der Waals surface area (Å²) in [7, 11) is 0. The van der Waals surface area contributed by atoms with Crippen molar-refractivity contribution in [1.82, 2.24) is 15.0 Å². The molecule has 0 bridgehead atoms. The summed E-state index contributed by atoms with van der Waals surface area (Å²) in [6, 6.07) is 0. The Morgan fingerprint density at radius 1 is 1.27 bits per heavy atom. The van der Waals surface area contributed by atoms with Gasteiger partial charge < -0.3 is 9.42 Å². The summed E-state index contributed by atoms with van der Waals surface area (Å²) in [5, 5.41) is 3.62. The van der Waals surface area contributed by atoms with Gasteiger partial charge >= 0.3 is 11.8 Å². The SMILES string of the molecule is Cc1noc(C(=O)N2CCCCCC2)n1. The van der Waals surface area contributed by atoms with E-state index in [-0.39, 0.29) is 11.8 Å². The third-order valence-corrected chi connectivity index (χ3v) is 2.60. The number of rotatable bonds is 1. The Morgan fingerprint density at radius 2 is 1.93 bits per heavy atom. The highest BCUT2D eigenvalue weighted by atomic mass is 16.5. The average Bonchev–Trinajstić information content (AvgIpc) is 2.53. The van der Waals surface area contributed by atoms with Crippen LogP contribution in [0, 0.1) is 6.92 Å². The maximum atomic E-state index is 11.9. The number of likely N-dealkylation sites (tertiary alicyclic amines) is 1. The molecule has 2 rings (SSSR count). The van der Waals surface area contributed by atoms with E-state index in [1.165, 1.54) is 12.8 Å². The van der Waals surface area contributed by atoms with Crippen molar-refractivity contribution >= 4 is 5.91 Å². The van der Waals surface area contributed by atoms with Crippen LogP contribution in [0.2, 0.25) is 0 Å². The summed E-state index contributed by atoms with van der Waals surface area (Å²) in [4.78, 5) is 17.6. The van der Waals surface area contributed by atoms with Crippen molar-refractivity contribution in [2.75, 3.05) is 13.1 Å². The quantitative estimate of drug-likeness (QED) is 0.701. The highest BCUT2D eigenvalue weighted by Gasteiger charge is 2.22. The largest absolute Gasteiger partial charge is 0.334 e. The molecule has 0 unspecified atom stereocenters. The van der Waals surface area contributed by atoms with Gasteiger partial charge in [0.25, 0.3) is 0 Å². The normalized spacial score (nSPS) is 17.5. The molecule has 15 heavy (non-hydrogen) atoms.